The standard InChI is InChI=1S/C24H15N.C6H6/c1-2-8-16-15(7-1)13-14-18-17-9-3-4-10-19(17)24-23(22(16)18)20-11-5-6-12-21(20)25-24;1-2-4-6-5-3-1/h1-14,25H;1-6H. The van der Waals surface area contributed by atoms with Crippen LogP contribution in [-0.4, -0.2) is 4.98 Å². The molecule has 0 spiro atoms. The van der Waals surface area contributed by atoms with Crippen molar-refractivity contribution in [1.82, 2.24) is 4.98 Å². The molecule has 1 N–H and O–H groups in total. The molecule has 0 saturated heterocycles. The number of H-pyrrole nitrogens is 1. The zero-order chi connectivity index (χ0) is 20.6. The molecule has 0 radical (unpaired) electrons. The number of rotatable bonds is 0. The Morgan fingerprint density at radius 2 is 0.935 bits per heavy atom. The molecule has 31 heavy (non-hydrogen) atoms. The van der Waals surface area contributed by atoms with Gasteiger partial charge in [-0.3, -0.25) is 0 Å². The van der Waals surface area contributed by atoms with Crippen LogP contribution in [0.3, 0.4) is 0 Å². The Balaban J connectivity index is 0.000000269. The third kappa shape index (κ3) is 2.86. The van der Waals surface area contributed by atoms with Gasteiger partial charge in [-0.15, -0.1) is 0 Å². The van der Waals surface area contributed by atoms with E-state index in [1.807, 2.05) is 36.4 Å². The molecule has 0 aliphatic carbocycles. The Morgan fingerprint density at radius 1 is 0.355 bits per heavy atom. The van der Waals surface area contributed by atoms with Crippen LogP contribution < -0.4 is 0 Å². The minimum Gasteiger partial charge on any atom is -0.354 e. The molecule has 7 rings (SSSR count). The smallest absolute Gasteiger partial charge is 0.0551 e. The lowest BCUT2D eigenvalue weighted by Crippen LogP contribution is -1.83. The van der Waals surface area contributed by atoms with Gasteiger partial charge < -0.3 is 4.98 Å². The van der Waals surface area contributed by atoms with Gasteiger partial charge in [0.2, 0.25) is 0 Å². The fourth-order valence-electron chi connectivity index (χ4n) is 4.69. The predicted octanol–water partition coefficient (Wildman–Crippen LogP) is 8.47. The number of aromatic nitrogens is 1. The number of benzene rings is 6. The van der Waals surface area contributed by atoms with Crippen LogP contribution in [0.25, 0.3) is 54.1 Å². The molecule has 0 atom stereocenters. The summed E-state index contributed by atoms with van der Waals surface area (Å²) in [4.78, 5) is 3.68. The van der Waals surface area contributed by atoms with Crippen molar-refractivity contribution in [2.24, 2.45) is 0 Å². The van der Waals surface area contributed by atoms with Gasteiger partial charge in [0.1, 0.15) is 0 Å². The van der Waals surface area contributed by atoms with Gasteiger partial charge in [0, 0.05) is 27.1 Å². The van der Waals surface area contributed by atoms with E-state index in [-0.39, 0.29) is 0 Å². The highest BCUT2D eigenvalue weighted by molar-refractivity contribution is 6.36. The van der Waals surface area contributed by atoms with Gasteiger partial charge in [-0.25, -0.2) is 0 Å². The number of aromatic amines is 1. The van der Waals surface area contributed by atoms with Gasteiger partial charge in [-0.05, 0) is 27.6 Å². The summed E-state index contributed by atoms with van der Waals surface area (Å²) < 4.78 is 0. The van der Waals surface area contributed by atoms with Crippen LogP contribution in [0.1, 0.15) is 0 Å². The second-order valence-electron chi connectivity index (χ2n) is 7.83. The molecule has 146 valence electrons. The van der Waals surface area contributed by atoms with Crippen LogP contribution >= 0.6 is 0 Å². The Kier molecular flexibility index (Phi) is 4.18. The molecule has 0 bridgehead atoms. The van der Waals surface area contributed by atoms with Crippen molar-refractivity contribution in [3.05, 3.63) is 121 Å². The van der Waals surface area contributed by atoms with Crippen molar-refractivity contribution in [2.75, 3.05) is 0 Å². The molecule has 0 unspecified atom stereocenters. The SMILES string of the molecule is c1ccc2c(c1)ccc1c3ccccc3c3[nH]c4ccccc4c3c21.c1ccccc1. The topological polar surface area (TPSA) is 15.8 Å². The minimum absolute atomic E-state index is 1.20. The highest BCUT2D eigenvalue weighted by atomic mass is 14.7. The number of hydrogen-bond acceptors (Lipinski definition) is 0. The molecule has 0 fully saturated rings. The number of para-hydroxylation sites is 1. The number of nitrogens with one attached hydrogen (secondary N) is 1. The first-order valence-corrected chi connectivity index (χ1v) is 10.6. The maximum Gasteiger partial charge on any atom is 0.0551 e. The van der Waals surface area contributed by atoms with Crippen molar-refractivity contribution in [3.8, 4) is 0 Å². The molecule has 0 aliphatic rings. The second kappa shape index (κ2) is 7.30. The van der Waals surface area contributed by atoms with Gasteiger partial charge in [-0.1, -0.05) is 115 Å². The zero-order valence-electron chi connectivity index (χ0n) is 17.0. The molecular weight excluding hydrogens is 374 g/mol. The maximum absolute atomic E-state index is 3.68. The zero-order valence-corrected chi connectivity index (χ0v) is 17.0. The van der Waals surface area contributed by atoms with E-state index in [2.05, 4.69) is 89.9 Å². The molecule has 1 heterocycles. The third-order valence-electron chi connectivity index (χ3n) is 6.04. The van der Waals surface area contributed by atoms with E-state index in [1.165, 1.54) is 54.1 Å². The molecular formula is C30H21N. The summed E-state index contributed by atoms with van der Waals surface area (Å²) in [5.41, 5.74) is 2.43. The fraction of sp³-hybridized carbons (Fsp3) is 0. The van der Waals surface area contributed by atoms with E-state index in [4.69, 9.17) is 0 Å². The summed E-state index contributed by atoms with van der Waals surface area (Å²) in [6, 6.07) is 42.5. The predicted molar refractivity (Wildman–Crippen MR) is 135 cm³/mol. The summed E-state index contributed by atoms with van der Waals surface area (Å²) in [5, 5.41) is 10.5. The monoisotopic (exact) mass is 395 g/mol. The first-order chi connectivity index (χ1) is 15.4. The molecule has 0 saturated carbocycles. The van der Waals surface area contributed by atoms with Crippen LogP contribution in [0.2, 0.25) is 0 Å². The van der Waals surface area contributed by atoms with Gasteiger partial charge >= 0.3 is 0 Å². The Hall–Kier alpha value is -4.10. The van der Waals surface area contributed by atoms with Crippen LogP contribution in [0.5, 0.6) is 0 Å². The van der Waals surface area contributed by atoms with Crippen LogP contribution in [0, 0.1) is 0 Å². The molecule has 7 aromatic rings. The lowest BCUT2D eigenvalue weighted by molar-refractivity contribution is 1.56. The third-order valence-corrected chi connectivity index (χ3v) is 6.04. The van der Waals surface area contributed by atoms with E-state index >= 15 is 0 Å². The normalized spacial score (nSPS) is 11.2. The largest absolute Gasteiger partial charge is 0.354 e. The molecule has 1 heteroatoms. The van der Waals surface area contributed by atoms with E-state index in [0.717, 1.165) is 0 Å². The first-order valence-electron chi connectivity index (χ1n) is 10.6. The van der Waals surface area contributed by atoms with Crippen molar-refractivity contribution in [2.45, 2.75) is 0 Å². The summed E-state index contributed by atoms with van der Waals surface area (Å²) in [7, 11) is 0. The maximum atomic E-state index is 3.68. The van der Waals surface area contributed by atoms with E-state index in [9.17, 15) is 0 Å². The Labute approximate surface area is 180 Å². The molecule has 0 amide bonds. The first kappa shape index (κ1) is 17.7. The van der Waals surface area contributed by atoms with E-state index in [0.29, 0.717) is 0 Å². The lowest BCUT2D eigenvalue weighted by Gasteiger charge is -2.10. The van der Waals surface area contributed by atoms with Gasteiger partial charge in [-0.2, -0.15) is 0 Å². The average molecular weight is 396 g/mol. The van der Waals surface area contributed by atoms with Gasteiger partial charge in [0.25, 0.3) is 0 Å². The number of fused-ring (bicyclic) bond motifs is 10. The van der Waals surface area contributed by atoms with E-state index in [1.54, 1.807) is 0 Å². The number of hydrogen-bond donors (Lipinski definition) is 1. The molecule has 1 nitrogen and oxygen atoms in total. The molecule has 6 aromatic carbocycles. The van der Waals surface area contributed by atoms with Crippen molar-refractivity contribution in [3.63, 3.8) is 0 Å². The Morgan fingerprint density at radius 3 is 1.68 bits per heavy atom. The molecule has 1 aromatic heterocycles. The summed E-state index contributed by atoms with van der Waals surface area (Å²) in [6.45, 7) is 0. The summed E-state index contributed by atoms with van der Waals surface area (Å²) in [5.74, 6) is 0. The lowest BCUT2D eigenvalue weighted by atomic mass is 9.93. The summed E-state index contributed by atoms with van der Waals surface area (Å²) >= 11 is 0. The van der Waals surface area contributed by atoms with Crippen LogP contribution in [-0.2, 0) is 0 Å². The van der Waals surface area contributed by atoms with Crippen LogP contribution in [0.15, 0.2) is 121 Å². The van der Waals surface area contributed by atoms with Crippen molar-refractivity contribution >= 4 is 54.1 Å². The fourth-order valence-corrected chi connectivity index (χ4v) is 4.69. The van der Waals surface area contributed by atoms with E-state index < -0.39 is 0 Å². The second-order valence-corrected chi connectivity index (χ2v) is 7.83. The highest BCUT2D eigenvalue weighted by Gasteiger charge is 2.14. The average Bonchev–Trinajstić information content (AvgIpc) is 3.25. The van der Waals surface area contributed by atoms with Crippen molar-refractivity contribution < 1.29 is 0 Å². The highest BCUT2D eigenvalue weighted by Crippen LogP contribution is 2.41. The Bertz CT molecular complexity index is 1650. The van der Waals surface area contributed by atoms with Crippen LogP contribution in [0.4, 0.5) is 0 Å². The van der Waals surface area contributed by atoms with Gasteiger partial charge in [0.15, 0.2) is 0 Å². The quantitative estimate of drug-likeness (QED) is 0.248. The minimum atomic E-state index is 1.20. The van der Waals surface area contributed by atoms with Gasteiger partial charge in [0.05, 0.1) is 5.52 Å². The molecule has 0 aliphatic heterocycles. The summed E-state index contributed by atoms with van der Waals surface area (Å²) in [6.07, 6.45) is 0. The van der Waals surface area contributed by atoms with Crippen molar-refractivity contribution in [1.29, 1.82) is 0 Å².